The lowest BCUT2D eigenvalue weighted by Crippen LogP contribution is -2.34. The van der Waals surface area contributed by atoms with Gasteiger partial charge in [0.2, 0.25) is 5.91 Å². The van der Waals surface area contributed by atoms with E-state index in [1.165, 1.54) is 6.07 Å². The molecular formula is C27H29FN2O2. The first-order chi connectivity index (χ1) is 15.5. The van der Waals surface area contributed by atoms with Crippen molar-refractivity contribution in [1.82, 2.24) is 10.3 Å². The van der Waals surface area contributed by atoms with Crippen molar-refractivity contribution in [3.8, 4) is 0 Å². The molecule has 1 saturated carbocycles. The van der Waals surface area contributed by atoms with Crippen LogP contribution < -0.4 is 5.32 Å². The Labute approximate surface area is 187 Å². The second kappa shape index (κ2) is 8.53. The molecule has 2 aromatic carbocycles. The fraction of sp³-hybridized carbons (Fsp3) is 0.407. The maximum Gasteiger partial charge on any atom is 0.227 e. The van der Waals surface area contributed by atoms with Gasteiger partial charge in [0.05, 0.1) is 12.0 Å². The molecule has 2 aliphatic carbocycles. The SMILES string of the molecule is C[C@H](C(=O)NC1CCCc2c1[nH]c1ccc(F)cc21)c1ccc(C[C@@H]2CCCC2=O)cc1. The molecule has 1 heterocycles. The third kappa shape index (κ3) is 3.96. The number of rotatable bonds is 5. The van der Waals surface area contributed by atoms with E-state index in [0.29, 0.717) is 12.2 Å². The number of Topliss-reactive ketones (excluding diaryl/α,β-unsaturated/α-hetero) is 1. The molecule has 3 aromatic rings. The Bertz CT molecular complexity index is 1160. The first kappa shape index (κ1) is 20.9. The average molecular weight is 433 g/mol. The van der Waals surface area contributed by atoms with Crippen LogP contribution in [0.15, 0.2) is 42.5 Å². The Morgan fingerprint density at radius 3 is 2.66 bits per heavy atom. The van der Waals surface area contributed by atoms with Crippen LogP contribution in [0.1, 0.15) is 73.4 Å². The number of carbonyl (C=O) groups excluding carboxylic acids is 2. The van der Waals surface area contributed by atoms with E-state index in [1.54, 1.807) is 12.1 Å². The monoisotopic (exact) mass is 432 g/mol. The minimum Gasteiger partial charge on any atom is -0.356 e. The van der Waals surface area contributed by atoms with E-state index >= 15 is 0 Å². The van der Waals surface area contributed by atoms with E-state index in [4.69, 9.17) is 0 Å². The molecular weight excluding hydrogens is 403 g/mol. The van der Waals surface area contributed by atoms with Crippen LogP contribution >= 0.6 is 0 Å². The molecule has 166 valence electrons. The Morgan fingerprint density at radius 1 is 1.12 bits per heavy atom. The van der Waals surface area contributed by atoms with Gasteiger partial charge in [-0.15, -0.1) is 0 Å². The molecule has 0 spiro atoms. The second-order valence-corrected chi connectivity index (χ2v) is 9.38. The summed E-state index contributed by atoms with van der Waals surface area (Å²) >= 11 is 0. The number of aromatic nitrogens is 1. The van der Waals surface area contributed by atoms with Crippen LogP contribution in [0.25, 0.3) is 10.9 Å². The molecule has 1 unspecified atom stereocenters. The molecule has 32 heavy (non-hydrogen) atoms. The third-order valence-corrected chi connectivity index (χ3v) is 7.27. The highest BCUT2D eigenvalue weighted by molar-refractivity contribution is 5.87. The molecule has 0 aliphatic heterocycles. The smallest absolute Gasteiger partial charge is 0.227 e. The zero-order valence-electron chi connectivity index (χ0n) is 18.4. The lowest BCUT2D eigenvalue weighted by molar-refractivity contribution is -0.123. The predicted octanol–water partition coefficient (Wildman–Crippen LogP) is 5.52. The molecule has 1 amide bonds. The zero-order chi connectivity index (χ0) is 22.2. The van der Waals surface area contributed by atoms with Gasteiger partial charge < -0.3 is 10.3 Å². The van der Waals surface area contributed by atoms with Gasteiger partial charge in [-0.1, -0.05) is 24.3 Å². The highest BCUT2D eigenvalue weighted by Gasteiger charge is 2.28. The fourth-order valence-electron chi connectivity index (χ4n) is 5.36. The number of halogens is 1. The Hall–Kier alpha value is -2.95. The Balaban J connectivity index is 1.28. The molecule has 2 aliphatic rings. The topological polar surface area (TPSA) is 62.0 Å². The second-order valence-electron chi connectivity index (χ2n) is 9.38. The zero-order valence-corrected chi connectivity index (χ0v) is 18.4. The van der Waals surface area contributed by atoms with Crippen LogP contribution in [-0.4, -0.2) is 16.7 Å². The molecule has 3 atom stereocenters. The molecule has 5 heteroatoms. The number of fused-ring (bicyclic) bond motifs is 3. The van der Waals surface area contributed by atoms with Crippen molar-refractivity contribution in [2.24, 2.45) is 5.92 Å². The van der Waals surface area contributed by atoms with Gasteiger partial charge in [-0.05, 0) is 80.3 Å². The quantitative estimate of drug-likeness (QED) is 0.558. The van der Waals surface area contributed by atoms with Crippen LogP contribution in [0.4, 0.5) is 4.39 Å². The fourth-order valence-corrected chi connectivity index (χ4v) is 5.36. The number of benzene rings is 2. The summed E-state index contributed by atoms with van der Waals surface area (Å²) < 4.78 is 13.7. The predicted molar refractivity (Wildman–Crippen MR) is 123 cm³/mol. The standard InChI is InChI=1S/C27H29FN2O2/c1-16(18-10-8-17(9-11-18)14-19-4-2-7-25(19)31)27(32)30-24-6-3-5-21-22-15-20(28)12-13-23(22)29-26(21)24/h8-13,15-16,19,24,29H,2-7,14H2,1H3,(H,30,32)/t16-,19-,24?/m0/s1. The number of aryl methyl sites for hydroxylation is 1. The first-order valence-corrected chi connectivity index (χ1v) is 11.7. The van der Waals surface area contributed by atoms with Crippen molar-refractivity contribution >= 4 is 22.6 Å². The van der Waals surface area contributed by atoms with Crippen LogP contribution in [0.2, 0.25) is 0 Å². The van der Waals surface area contributed by atoms with Crippen molar-refractivity contribution in [3.05, 3.63) is 70.7 Å². The highest BCUT2D eigenvalue weighted by atomic mass is 19.1. The van der Waals surface area contributed by atoms with Crippen LogP contribution in [0, 0.1) is 11.7 Å². The summed E-state index contributed by atoms with van der Waals surface area (Å²) in [6.45, 7) is 1.93. The number of amides is 1. The Kier molecular flexibility index (Phi) is 5.58. The van der Waals surface area contributed by atoms with Crippen molar-refractivity contribution in [3.63, 3.8) is 0 Å². The number of hydrogen-bond donors (Lipinski definition) is 2. The van der Waals surface area contributed by atoms with E-state index in [9.17, 15) is 14.0 Å². The summed E-state index contributed by atoms with van der Waals surface area (Å²) in [5.74, 6) is 0.0239. The van der Waals surface area contributed by atoms with E-state index in [-0.39, 0.29) is 29.6 Å². The minimum absolute atomic E-state index is 0.00796. The molecule has 2 N–H and O–H groups in total. The summed E-state index contributed by atoms with van der Waals surface area (Å²) in [6.07, 6.45) is 6.24. The summed E-state index contributed by atoms with van der Waals surface area (Å²) in [5, 5.41) is 4.14. The van der Waals surface area contributed by atoms with E-state index in [2.05, 4.69) is 22.4 Å². The van der Waals surface area contributed by atoms with Gasteiger partial charge in [-0.3, -0.25) is 9.59 Å². The molecule has 0 bridgehead atoms. The van der Waals surface area contributed by atoms with E-state index in [0.717, 1.165) is 71.8 Å². The van der Waals surface area contributed by atoms with Gasteiger partial charge in [0.1, 0.15) is 11.6 Å². The van der Waals surface area contributed by atoms with Crippen LogP contribution in [0.3, 0.4) is 0 Å². The lowest BCUT2D eigenvalue weighted by atomic mass is 9.90. The van der Waals surface area contributed by atoms with Gasteiger partial charge in [-0.2, -0.15) is 0 Å². The van der Waals surface area contributed by atoms with E-state index in [1.807, 2.05) is 19.1 Å². The first-order valence-electron chi connectivity index (χ1n) is 11.7. The van der Waals surface area contributed by atoms with Gasteiger partial charge in [0, 0.05) is 28.9 Å². The van der Waals surface area contributed by atoms with E-state index < -0.39 is 0 Å². The molecule has 1 aromatic heterocycles. The van der Waals surface area contributed by atoms with Crippen molar-refractivity contribution in [2.45, 2.75) is 63.8 Å². The van der Waals surface area contributed by atoms with Gasteiger partial charge in [-0.25, -0.2) is 4.39 Å². The molecule has 4 nitrogen and oxygen atoms in total. The van der Waals surface area contributed by atoms with Gasteiger partial charge >= 0.3 is 0 Å². The number of carbonyl (C=O) groups is 2. The minimum atomic E-state index is -0.274. The van der Waals surface area contributed by atoms with Gasteiger partial charge in [0.25, 0.3) is 0 Å². The Morgan fingerprint density at radius 2 is 1.91 bits per heavy atom. The van der Waals surface area contributed by atoms with Crippen molar-refractivity contribution in [2.75, 3.05) is 0 Å². The normalized spacial score (nSPS) is 21.5. The van der Waals surface area contributed by atoms with Crippen LogP contribution in [0.5, 0.6) is 0 Å². The summed E-state index contributed by atoms with van der Waals surface area (Å²) in [6, 6.07) is 12.9. The highest BCUT2D eigenvalue weighted by Crippen LogP contribution is 2.35. The maximum absolute atomic E-state index is 13.7. The van der Waals surface area contributed by atoms with Crippen LogP contribution in [-0.2, 0) is 22.4 Å². The molecule has 5 rings (SSSR count). The van der Waals surface area contributed by atoms with Crippen molar-refractivity contribution < 1.29 is 14.0 Å². The molecule has 0 radical (unpaired) electrons. The van der Waals surface area contributed by atoms with Crippen molar-refractivity contribution in [1.29, 1.82) is 0 Å². The third-order valence-electron chi connectivity index (χ3n) is 7.27. The number of nitrogens with one attached hydrogen (secondary N) is 2. The largest absolute Gasteiger partial charge is 0.356 e. The number of aromatic amines is 1. The van der Waals surface area contributed by atoms with Gasteiger partial charge in [0.15, 0.2) is 0 Å². The number of ketones is 1. The molecule has 0 saturated heterocycles. The number of H-pyrrole nitrogens is 1. The molecule has 1 fully saturated rings. The summed E-state index contributed by atoms with van der Waals surface area (Å²) in [5.41, 5.74) is 5.17. The maximum atomic E-state index is 13.7. The lowest BCUT2D eigenvalue weighted by Gasteiger charge is -2.25. The summed E-state index contributed by atoms with van der Waals surface area (Å²) in [7, 11) is 0. The summed E-state index contributed by atoms with van der Waals surface area (Å²) in [4.78, 5) is 28.4. The number of hydrogen-bond acceptors (Lipinski definition) is 2. The average Bonchev–Trinajstić information content (AvgIpc) is 3.37.